The summed E-state index contributed by atoms with van der Waals surface area (Å²) in [6.45, 7) is 1.93. The summed E-state index contributed by atoms with van der Waals surface area (Å²) in [6, 6.07) is 10.7. The summed E-state index contributed by atoms with van der Waals surface area (Å²) in [5.74, 6) is 0. The van der Waals surface area contributed by atoms with Gasteiger partial charge in [-0.15, -0.1) is 10.2 Å². The molecule has 0 aliphatic heterocycles. The molecule has 1 heterocycles. The highest BCUT2D eigenvalue weighted by molar-refractivity contribution is 6.31. The van der Waals surface area contributed by atoms with Gasteiger partial charge < -0.3 is 0 Å². The van der Waals surface area contributed by atoms with E-state index in [4.69, 9.17) is 11.6 Å². The number of carbonyl (C=O) groups excluding carboxylic acids is 1. The van der Waals surface area contributed by atoms with Gasteiger partial charge in [0.05, 0.1) is 11.4 Å². The number of hydrogen-bond donors (Lipinski definition) is 0. The van der Waals surface area contributed by atoms with Crippen molar-refractivity contribution >= 4 is 34.4 Å². The Morgan fingerprint density at radius 1 is 1.15 bits per heavy atom. The Bertz CT molecular complexity index is 850. The lowest BCUT2D eigenvalue weighted by atomic mass is 10.2. The van der Waals surface area contributed by atoms with Crippen molar-refractivity contribution < 1.29 is 4.79 Å². The standard InChI is InChI=1S/C14H9ClN4O/c1-9-2-4-11(7-12(9)15)19-17-13-5-3-10(16-8-20)6-14(13)18-19/h2-7H,1H3. The molecule has 20 heavy (non-hydrogen) atoms. The van der Waals surface area contributed by atoms with E-state index in [0.717, 1.165) is 11.3 Å². The van der Waals surface area contributed by atoms with Gasteiger partial charge in [-0.2, -0.15) is 9.79 Å². The number of hydrogen-bond acceptors (Lipinski definition) is 4. The smallest absolute Gasteiger partial charge is 0.211 e. The summed E-state index contributed by atoms with van der Waals surface area (Å²) in [4.78, 5) is 15.3. The topological polar surface area (TPSA) is 60.1 Å². The number of nitrogens with zero attached hydrogens (tertiary/aromatic N) is 4. The maximum Gasteiger partial charge on any atom is 0.240 e. The van der Waals surface area contributed by atoms with Gasteiger partial charge >= 0.3 is 0 Å². The van der Waals surface area contributed by atoms with E-state index in [1.165, 1.54) is 10.9 Å². The summed E-state index contributed by atoms with van der Waals surface area (Å²) in [5.41, 5.74) is 3.64. The van der Waals surface area contributed by atoms with Crippen LogP contribution in [-0.4, -0.2) is 21.1 Å². The molecule has 0 amide bonds. The van der Waals surface area contributed by atoms with Crippen LogP contribution in [0.2, 0.25) is 5.02 Å². The van der Waals surface area contributed by atoms with Crippen LogP contribution in [0.15, 0.2) is 41.4 Å². The lowest BCUT2D eigenvalue weighted by Crippen LogP contribution is -1.98. The fourth-order valence-corrected chi connectivity index (χ4v) is 2.02. The van der Waals surface area contributed by atoms with E-state index in [1.807, 2.05) is 19.1 Å². The van der Waals surface area contributed by atoms with Crippen molar-refractivity contribution in [1.82, 2.24) is 15.0 Å². The fraction of sp³-hybridized carbons (Fsp3) is 0.0714. The number of benzene rings is 2. The van der Waals surface area contributed by atoms with E-state index in [-0.39, 0.29) is 0 Å². The molecule has 98 valence electrons. The molecule has 0 aliphatic rings. The number of fused-ring (bicyclic) bond motifs is 1. The first-order valence-electron chi connectivity index (χ1n) is 5.89. The number of halogens is 1. The Kier molecular flexibility index (Phi) is 3.06. The molecular formula is C14H9ClN4O. The third-order valence-corrected chi connectivity index (χ3v) is 3.33. The first kappa shape index (κ1) is 12.5. The van der Waals surface area contributed by atoms with Gasteiger partial charge in [-0.1, -0.05) is 17.7 Å². The van der Waals surface area contributed by atoms with Crippen LogP contribution < -0.4 is 0 Å². The Hall–Kier alpha value is -2.49. The Balaban J connectivity index is 2.12. The van der Waals surface area contributed by atoms with Gasteiger partial charge in [-0.25, -0.2) is 4.79 Å². The number of rotatable bonds is 2. The van der Waals surface area contributed by atoms with Gasteiger partial charge in [0.15, 0.2) is 0 Å². The van der Waals surface area contributed by atoms with Crippen LogP contribution in [0.25, 0.3) is 16.7 Å². The van der Waals surface area contributed by atoms with E-state index < -0.39 is 0 Å². The highest BCUT2D eigenvalue weighted by Gasteiger charge is 2.06. The minimum absolute atomic E-state index is 0.501. The first-order valence-corrected chi connectivity index (χ1v) is 6.27. The van der Waals surface area contributed by atoms with E-state index >= 15 is 0 Å². The maximum atomic E-state index is 10.3. The van der Waals surface area contributed by atoms with Gasteiger partial charge in [0.2, 0.25) is 6.08 Å². The largest absolute Gasteiger partial charge is 0.240 e. The van der Waals surface area contributed by atoms with E-state index in [0.29, 0.717) is 21.7 Å². The van der Waals surface area contributed by atoms with Crippen LogP contribution >= 0.6 is 11.6 Å². The molecule has 0 atom stereocenters. The molecule has 0 spiro atoms. The van der Waals surface area contributed by atoms with E-state index in [2.05, 4.69) is 15.2 Å². The predicted octanol–water partition coefficient (Wildman–Crippen LogP) is 3.35. The monoisotopic (exact) mass is 284 g/mol. The summed E-state index contributed by atoms with van der Waals surface area (Å²) < 4.78 is 0. The second-order valence-electron chi connectivity index (χ2n) is 4.30. The molecule has 0 fully saturated rings. The zero-order valence-corrected chi connectivity index (χ0v) is 11.3. The van der Waals surface area contributed by atoms with Gasteiger partial charge in [-0.05, 0) is 42.8 Å². The second-order valence-corrected chi connectivity index (χ2v) is 4.71. The van der Waals surface area contributed by atoms with Crippen LogP contribution in [-0.2, 0) is 4.79 Å². The molecule has 3 rings (SSSR count). The van der Waals surface area contributed by atoms with Crippen LogP contribution in [0.5, 0.6) is 0 Å². The third kappa shape index (κ3) is 2.20. The zero-order chi connectivity index (χ0) is 14.1. The summed E-state index contributed by atoms with van der Waals surface area (Å²) in [5, 5.41) is 9.38. The summed E-state index contributed by atoms with van der Waals surface area (Å²) in [7, 11) is 0. The number of aromatic nitrogens is 3. The molecule has 0 saturated carbocycles. The molecule has 0 saturated heterocycles. The van der Waals surface area contributed by atoms with Crippen molar-refractivity contribution in [2.75, 3.05) is 0 Å². The summed E-state index contributed by atoms with van der Waals surface area (Å²) in [6.07, 6.45) is 1.50. The van der Waals surface area contributed by atoms with Crippen molar-refractivity contribution in [2.45, 2.75) is 6.92 Å². The first-order chi connectivity index (χ1) is 9.67. The number of isocyanates is 1. The molecule has 1 aromatic heterocycles. The molecule has 0 aliphatic carbocycles. The fourth-order valence-electron chi connectivity index (χ4n) is 1.85. The highest BCUT2D eigenvalue weighted by Crippen LogP contribution is 2.21. The molecule has 0 N–H and O–H groups in total. The Labute approximate surface area is 119 Å². The zero-order valence-electron chi connectivity index (χ0n) is 10.5. The highest BCUT2D eigenvalue weighted by atomic mass is 35.5. The minimum atomic E-state index is 0.501. The van der Waals surface area contributed by atoms with Crippen molar-refractivity contribution in [3.8, 4) is 5.69 Å². The van der Waals surface area contributed by atoms with Crippen LogP contribution in [0.1, 0.15) is 5.56 Å². The lowest BCUT2D eigenvalue weighted by Gasteiger charge is -2.01. The Morgan fingerprint density at radius 2 is 1.95 bits per heavy atom. The number of aliphatic imine (C=N–C) groups is 1. The SMILES string of the molecule is Cc1ccc(-n2nc3ccc(N=C=O)cc3n2)cc1Cl. The van der Waals surface area contributed by atoms with Crippen molar-refractivity contribution in [3.05, 3.63) is 47.0 Å². The average molecular weight is 285 g/mol. The van der Waals surface area contributed by atoms with E-state index in [1.54, 1.807) is 24.3 Å². The van der Waals surface area contributed by atoms with E-state index in [9.17, 15) is 4.79 Å². The number of aryl methyl sites for hydroxylation is 1. The van der Waals surface area contributed by atoms with Gasteiger partial charge in [0, 0.05) is 5.02 Å². The minimum Gasteiger partial charge on any atom is -0.211 e. The molecule has 3 aromatic rings. The molecular weight excluding hydrogens is 276 g/mol. The van der Waals surface area contributed by atoms with Gasteiger partial charge in [-0.3, -0.25) is 0 Å². The predicted molar refractivity (Wildman–Crippen MR) is 76.4 cm³/mol. The third-order valence-electron chi connectivity index (χ3n) is 2.93. The van der Waals surface area contributed by atoms with Crippen LogP contribution in [0.4, 0.5) is 5.69 Å². The molecule has 0 unspecified atom stereocenters. The normalized spacial score (nSPS) is 10.5. The quantitative estimate of drug-likeness (QED) is 0.535. The second kappa shape index (κ2) is 4.89. The molecule has 5 nitrogen and oxygen atoms in total. The molecule has 0 bridgehead atoms. The lowest BCUT2D eigenvalue weighted by molar-refractivity contribution is 0.565. The molecule has 6 heteroatoms. The molecule has 2 aromatic carbocycles. The van der Waals surface area contributed by atoms with Gasteiger partial charge in [0.25, 0.3) is 0 Å². The van der Waals surface area contributed by atoms with Crippen LogP contribution in [0, 0.1) is 6.92 Å². The van der Waals surface area contributed by atoms with Crippen molar-refractivity contribution in [3.63, 3.8) is 0 Å². The summed E-state index contributed by atoms with van der Waals surface area (Å²) >= 11 is 6.10. The maximum absolute atomic E-state index is 10.3. The van der Waals surface area contributed by atoms with Gasteiger partial charge in [0.1, 0.15) is 11.0 Å². The van der Waals surface area contributed by atoms with Crippen molar-refractivity contribution in [1.29, 1.82) is 0 Å². The average Bonchev–Trinajstić information content (AvgIpc) is 2.85. The molecule has 0 radical (unpaired) electrons. The van der Waals surface area contributed by atoms with Crippen molar-refractivity contribution in [2.24, 2.45) is 4.99 Å². The Morgan fingerprint density at radius 3 is 2.70 bits per heavy atom. The van der Waals surface area contributed by atoms with Crippen LogP contribution in [0.3, 0.4) is 0 Å².